The van der Waals surface area contributed by atoms with Crippen LogP contribution in [-0.4, -0.2) is 14.0 Å². The van der Waals surface area contributed by atoms with Crippen LogP contribution in [-0.2, 0) is 11.1 Å². The molecule has 1 rings (SSSR count). The van der Waals surface area contributed by atoms with Gasteiger partial charge in [-0.15, -0.1) is 0 Å². The van der Waals surface area contributed by atoms with E-state index in [0.717, 1.165) is 19.3 Å². The lowest BCUT2D eigenvalue weighted by Gasteiger charge is -2.17. The Morgan fingerprint density at radius 1 is 1.56 bits per heavy atom. The van der Waals surface area contributed by atoms with Crippen molar-refractivity contribution in [3.63, 3.8) is 0 Å². The van der Waals surface area contributed by atoms with Crippen LogP contribution in [0.15, 0.2) is 0 Å². The van der Waals surface area contributed by atoms with Crippen molar-refractivity contribution in [2.24, 2.45) is 5.92 Å². The summed E-state index contributed by atoms with van der Waals surface area (Å²) in [6.07, 6.45) is 3.04. The lowest BCUT2D eigenvalue weighted by molar-refractivity contribution is 0.499. The van der Waals surface area contributed by atoms with Crippen molar-refractivity contribution in [3.8, 4) is 0 Å². The Hall–Kier alpha value is 0.110. The van der Waals surface area contributed by atoms with Gasteiger partial charge in [-0.25, -0.2) is 0 Å². The second kappa shape index (κ2) is 2.80. The molecule has 0 aromatic rings. The molecule has 0 N–H and O–H groups in total. The third-order valence-electron chi connectivity index (χ3n) is 2.03. The van der Waals surface area contributed by atoms with Crippen molar-refractivity contribution >= 4 is 11.1 Å². The fourth-order valence-electron chi connectivity index (χ4n) is 1.40. The van der Waals surface area contributed by atoms with E-state index in [0.29, 0.717) is 5.92 Å². The molecule has 0 bridgehead atoms. The summed E-state index contributed by atoms with van der Waals surface area (Å²) in [6.45, 7) is 2.01. The highest BCUT2D eigenvalue weighted by Crippen LogP contribution is 2.28. The van der Waals surface area contributed by atoms with Gasteiger partial charge in [-0.1, -0.05) is 24.4 Å². The van der Waals surface area contributed by atoms with Gasteiger partial charge in [0.2, 0.25) is 0 Å². The second-order valence-corrected chi connectivity index (χ2v) is 3.83. The third kappa shape index (κ3) is 1.52. The lowest BCUT2D eigenvalue weighted by Crippen LogP contribution is -2.16. The largest absolute Gasteiger partial charge is 0.772 e. The smallest absolute Gasteiger partial charge is 0.0241 e. The topological polar surface area (TPSA) is 40.1 Å². The van der Waals surface area contributed by atoms with Crippen LogP contribution in [0.2, 0.25) is 0 Å². The Morgan fingerprint density at radius 2 is 2.22 bits per heavy atom. The van der Waals surface area contributed by atoms with Gasteiger partial charge in [0.1, 0.15) is 0 Å². The summed E-state index contributed by atoms with van der Waals surface area (Å²) in [7, 11) is 0. The average molecular weight is 147 g/mol. The van der Waals surface area contributed by atoms with Crippen LogP contribution in [0.3, 0.4) is 0 Å². The Bertz CT molecular complexity index is 124. The van der Waals surface area contributed by atoms with Crippen LogP contribution in [0.4, 0.5) is 0 Å². The molecule has 3 unspecified atom stereocenters. The lowest BCUT2D eigenvalue weighted by atomic mass is 10.1. The van der Waals surface area contributed by atoms with Gasteiger partial charge in [-0.2, -0.15) is 0 Å². The minimum atomic E-state index is -1.82. The monoisotopic (exact) mass is 147 g/mol. The average Bonchev–Trinajstić information content (AvgIpc) is 2.13. The second-order valence-electron chi connectivity index (χ2n) is 2.71. The molecular weight excluding hydrogens is 136 g/mol. The highest BCUT2D eigenvalue weighted by atomic mass is 32.2. The standard InChI is InChI=1S/C6H12O2S/c1-5-3-2-4-6(5)9(7)8/h5-6H,2-4H2,1H3,(H,7,8)/p-1. The fourth-order valence-corrected chi connectivity index (χ4v) is 2.27. The maximum Gasteiger partial charge on any atom is 0.0241 e. The van der Waals surface area contributed by atoms with Gasteiger partial charge in [0.25, 0.3) is 0 Å². The maximum absolute atomic E-state index is 10.4. The molecule has 0 aromatic heterocycles. The fraction of sp³-hybridized carbons (Fsp3) is 1.00. The first-order valence-corrected chi connectivity index (χ1v) is 4.43. The Kier molecular flexibility index (Phi) is 2.24. The van der Waals surface area contributed by atoms with E-state index in [9.17, 15) is 8.76 Å². The predicted molar refractivity (Wildman–Crippen MR) is 35.7 cm³/mol. The zero-order valence-corrected chi connectivity index (χ0v) is 6.32. The maximum atomic E-state index is 10.4. The summed E-state index contributed by atoms with van der Waals surface area (Å²) in [5, 5.41) is -0.0509. The van der Waals surface area contributed by atoms with E-state index < -0.39 is 11.1 Å². The van der Waals surface area contributed by atoms with Crippen molar-refractivity contribution in [2.45, 2.75) is 31.4 Å². The van der Waals surface area contributed by atoms with E-state index in [2.05, 4.69) is 0 Å². The highest BCUT2D eigenvalue weighted by Gasteiger charge is 2.23. The molecule has 2 nitrogen and oxygen atoms in total. The van der Waals surface area contributed by atoms with Crippen molar-refractivity contribution in [3.05, 3.63) is 0 Å². The van der Waals surface area contributed by atoms with Crippen LogP contribution in [0, 0.1) is 5.92 Å². The van der Waals surface area contributed by atoms with Gasteiger partial charge in [0.05, 0.1) is 0 Å². The van der Waals surface area contributed by atoms with Crippen LogP contribution < -0.4 is 0 Å². The molecule has 0 aromatic carbocycles. The first-order chi connectivity index (χ1) is 4.22. The highest BCUT2D eigenvalue weighted by molar-refractivity contribution is 7.79. The molecule has 0 amide bonds. The van der Waals surface area contributed by atoms with Gasteiger partial charge >= 0.3 is 0 Å². The minimum absolute atomic E-state index is 0.0509. The van der Waals surface area contributed by atoms with E-state index in [1.165, 1.54) is 0 Å². The van der Waals surface area contributed by atoms with E-state index >= 15 is 0 Å². The van der Waals surface area contributed by atoms with Gasteiger partial charge < -0.3 is 4.55 Å². The van der Waals surface area contributed by atoms with Crippen LogP contribution in [0.1, 0.15) is 26.2 Å². The van der Waals surface area contributed by atoms with Crippen molar-refractivity contribution < 1.29 is 8.76 Å². The predicted octanol–water partition coefficient (Wildman–Crippen LogP) is 1.05. The molecule has 0 radical (unpaired) electrons. The van der Waals surface area contributed by atoms with Gasteiger partial charge in [0, 0.05) is 5.25 Å². The molecule has 1 aliphatic carbocycles. The minimum Gasteiger partial charge on any atom is -0.772 e. The number of rotatable bonds is 1. The van der Waals surface area contributed by atoms with Gasteiger partial charge in [0.15, 0.2) is 0 Å². The van der Waals surface area contributed by atoms with E-state index in [-0.39, 0.29) is 5.25 Å². The molecule has 3 heteroatoms. The van der Waals surface area contributed by atoms with Crippen LogP contribution in [0.25, 0.3) is 0 Å². The normalized spacial score (nSPS) is 38.9. The summed E-state index contributed by atoms with van der Waals surface area (Å²) in [5.41, 5.74) is 0. The number of hydrogen-bond acceptors (Lipinski definition) is 2. The summed E-state index contributed by atoms with van der Waals surface area (Å²) in [4.78, 5) is 0. The Morgan fingerprint density at radius 3 is 2.44 bits per heavy atom. The van der Waals surface area contributed by atoms with Crippen molar-refractivity contribution in [1.82, 2.24) is 0 Å². The van der Waals surface area contributed by atoms with E-state index in [4.69, 9.17) is 0 Å². The summed E-state index contributed by atoms with van der Waals surface area (Å²) in [6, 6.07) is 0. The zero-order valence-electron chi connectivity index (χ0n) is 5.50. The Labute approximate surface area is 57.9 Å². The van der Waals surface area contributed by atoms with Crippen LogP contribution in [0.5, 0.6) is 0 Å². The SMILES string of the molecule is CC1CCCC1S(=O)[O-]. The molecule has 1 saturated carbocycles. The molecule has 3 atom stereocenters. The molecule has 0 spiro atoms. The first kappa shape index (κ1) is 7.22. The zero-order chi connectivity index (χ0) is 6.85. The summed E-state index contributed by atoms with van der Waals surface area (Å²) >= 11 is -1.82. The molecule has 1 fully saturated rings. The summed E-state index contributed by atoms with van der Waals surface area (Å²) in [5.74, 6) is 0.392. The Balaban J connectivity index is 2.49. The third-order valence-corrected chi connectivity index (χ3v) is 3.22. The molecule has 1 aliphatic rings. The van der Waals surface area contributed by atoms with Crippen molar-refractivity contribution in [2.75, 3.05) is 0 Å². The molecule has 0 saturated heterocycles. The first-order valence-electron chi connectivity index (χ1n) is 3.30. The molecule has 0 aliphatic heterocycles. The van der Waals surface area contributed by atoms with Crippen molar-refractivity contribution in [1.29, 1.82) is 0 Å². The molecule has 54 valence electrons. The molecule has 0 heterocycles. The van der Waals surface area contributed by atoms with Gasteiger partial charge in [-0.05, 0) is 18.8 Å². The molecule has 9 heavy (non-hydrogen) atoms. The van der Waals surface area contributed by atoms with Gasteiger partial charge in [-0.3, -0.25) is 4.21 Å². The molecular formula is C6H11O2S-. The number of hydrogen-bond donors (Lipinski definition) is 0. The summed E-state index contributed by atoms with van der Waals surface area (Å²) < 4.78 is 20.8. The van der Waals surface area contributed by atoms with E-state index in [1.54, 1.807) is 0 Å². The quantitative estimate of drug-likeness (QED) is 0.520. The van der Waals surface area contributed by atoms with Crippen LogP contribution >= 0.6 is 0 Å². The van der Waals surface area contributed by atoms with E-state index in [1.807, 2.05) is 6.92 Å².